The van der Waals surface area contributed by atoms with Gasteiger partial charge in [0.2, 0.25) is 0 Å². The van der Waals surface area contributed by atoms with E-state index in [1.165, 1.54) is 0 Å². The second-order valence-corrected chi connectivity index (χ2v) is 5.63. The molecule has 4 atom stereocenters. The number of thioether (sulfide) groups is 1. The summed E-state index contributed by atoms with van der Waals surface area (Å²) in [5.41, 5.74) is -0.885. The molecule has 0 radical (unpaired) electrons. The van der Waals surface area contributed by atoms with Gasteiger partial charge in [-0.2, -0.15) is 11.8 Å². The predicted octanol–water partition coefficient (Wildman–Crippen LogP) is -0.511. The molecule has 2 aliphatic heterocycles. The summed E-state index contributed by atoms with van der Waals surface area (Å²) < 4.78 is 4.97. The van der Waals surface area contributed by atoms with Crippen molar-refractivity contribution in [2.24, 2.45) is 11.8 Å². The molecule has 0 aromatic carbocycles. The maximum atomic E-state index is 11.8. The maximum absolute atomic E-state index is 11.8. The molecule has 2 saturated heterocycles. The van der Waals surface area contributed by atoms with Gasteiger partial charge >= 0.3 is 12.0 Å². The molecule has 92 valence electrons. The lowest BCUT2D eigenvalue weighted by molar-refractivity contribution is -0.145. The molecule has 3 rings (SSSR count). The number of nitrogens with one attached hydrogen (secondary N) is 2. The fraction of sp³-hybridized carbons (Fsp3) is 0.700. The van der Waals surface area contributed by atoms with Gasteiger partial charge in [-0.05, 0) is 6.92 Å². The third-order valence-electron chi connectivity index (χ3n) is 3.55. The summed E-state index contributed by atoms with van der Waals surface area (Å²) in [5, 5.41) is 5.02. The highest BCUT2D eigenvalue weighted by Gasteiger charge is 2.74. The van der Waals surface area contributed by atoms with E-state index in [2.05, 4.69) is 10.6 Å². The Morgan fingerprint density at radius 3 is 2.94 bits per heavy atom. The van der Waals surface area contributed by atoms with Crippen LogP contribution in [0.2, 0.25) is 0 Å². The molecule has 6 nitrogen and oxygen atoms in total. The van der Waals surface area contributed by atoms with Gasteiger partial charge in [0.05, 0.1) is 12.5 Å². The molecule has 0 unspecified atom stereocenters. The highest BCUT2D eigenvalue weighted by molar-refractivity contribution is 8.00. The standard InChI is InChI=1S/C10H12N2O4S/c1-2-16-7(13)4-5-6(4)17-3-10(5)8(14)11-9(15)12-10/h4-6H,2-3H2,1H3,(H2,11,12,14,15)/t4-,5-,6+,10+/m1/s1. The van der Waals surface area contributed by atoms with Crippen LogP contribution >= 0.6 is 11.8 Å². The maximum Gasteiger partial charge on any atom is 0.322 e. The Morgan fingerprint density at radius 1 is 1.59 bits per heavy atom. The number of rotatable bonds is 2. The normalized spacial score (nSPS) is 42.1. The smallest absolute Gasteiger partial charge is 0.322 e. The summed E-state index contributed by atoms with van der Waals surface area (Å²) in [4.78, 5) is 34.7. The molecule has 17 heavy (non-hydrogen) atoms. The first kappa shape index (κ1) is 10.9. The van der Waals surface area contributed by atoms with Crippen LogP contribution in [0.4, 0.5) is 4.79 Å². The van der Waals surface area contributed by atoms with E-state index < -0.39 is 11.6 Å². The van der Waals surface area contributed by atoms with Crippen LogP contribution < -0.4 is 10.6 Å². The van der Waals surface area contributed by atoms with Gasteiger partial charge in [-0.15, -0.1) is 0 Å². The third-order valence-corrected chi connectivity index (χ3v) is 5.15. The molecule has 1 aliphatic carbocycles. The van der Waals surface area contributed by atoms with E-state index in [4.69, 9.17) is 4.74 Å². The lowest BCUT2D eigenvalue weighted by Gasteiger charge is -2.22. The Balaban J connectivity index is 1.80. The molecule has 1 spiro atoms. The Bertz CT molecular complexity index is 427. The molecule has 7 heteroatoms. The van der Waals surface area contributed by atoms with Crippen LogP contribution in [0.15, 0.2) is 0 Å². The lowest BCUT2D eigenvalue weighted by Crippen LogP contribution is -2.50. The van der Waals surface area contributed by atoms with Crippen molar-refractivity contribution in [1.82, 2.24) is 10.6 Å². The monoisotopic (exact) mass is 256 g/mol. The highest BCUT2D eigenvalue weighted by Crippen LogP contribution is 2.62. The number of fused-ring (bicyclic) bond motifs is 2. The zero-order valence-corrected chi connectivity index (χ0v) is 10.0. The van der Waals surface area contributed by atoms with E-state index in [0.717, 1.165) is 0 Å². The van der Waals surface area contributed by atoms with Gasteiger partial charge in [-0.3, -0.25) is 14.9 Å². The zero-order valence-electron chi connectivity index (χ0n) is 9.19. The van der Waals surface area contributed by atoms with Gasteiger partial charge in [-0.25, -0.2) is 4.79 Å². The average Bonchev–Trinajstić information content (AvgIpc) is 2.79. The van der Waals surface area contributed by atoms with E-state index in [1.807, 2.05) is 0 Å². The van der Waals surface area contributed by atoms with Gasteiger partial charge in [0.1, 0.15) is 5.54 Å². The van der Waals surface area contributed by atoms with Crippen LogP contribution in [0.3, 0.4) is 0 Å². The van der Waals surface area contributed by atoms with Crippen LogP contribution in [0.25, 0.3) is 0 Å². The van der Waals surface area contributed by atoms with Crippen molar-refractivity contribution >= 4 is 29.7 Å². The number of hydrogen-bond acceptors (Lipinski definition) is 5. The average molecular weight is 256 g/mol. The number of imide groups is 1. The Labute approximate surface area is 102 Å². The molecular weight excluding hydrogens is 244 g/mol. The summed E-state index contributed by atoms with van der Waals surface area (Å²) in [7, 11) is 0. The molecule has 0 aromatic heterocycles. The summed E-state index contributed by atoms with van der Waals surface area (Å²) in [6, 6.07) is -0.467. The van der Waals surface area contributed by atoms with E-state index in [1.54, 1.807) is 18.7 Å². The van der Waals surface area contributed by atoms with Crippen molar-refractivity contribution in [2.45, 2.75) is 17.7 Å². The Hall–Kier alpha value is -1.24. The number of hydrogen-bond donors (Lipinski definition) is 2. The fourth-order valence-corrected chi connectivity index (χ4v) is 4.62. The number of amides is 3. The minimum Gasteiger partial charge on any atom is -0.466 e. The molecule has 2 heterocycles. The molecule has 3 fully saturated rings. The molecule has 3 aliphatic rings. The second-order valence-electron chi connectivity index (χ2n) is 4.46. The number of carbonyl (C=O) groups excluding carboxylic acids is 3. The van der Waals surface area contributed by atoms with E-state index in [-0.39, 0.29) is 29.0 Å². The second kappa shape index (κ2) is 3.38. The first-order valence-corrected chi connectivity index (χ1v) is 6.57. The van der Waals surface area contributed by atoms with Crippen molar-refractivity contribution < 1.29 is 19.1 Å². The van der Waals surface area contributed by atoms with Gasteiger partial charge in [0, 0.05) is 16.9 Å². The van der Waals surface area contributed by atoms with Crippen molar-refractivity contribution in [3.8, 4) is 0 Å². The van der Waals surface area contributed by atoms with Crippen molar-refractivity contribution in [2.75, 3.05) is 12.4 Å². The fourth-order valence-electron chi connectivity index (χ4n) is 2.76. The molecule has 0 bridgehead atoms. The molecule has 3 amide bonds. The number of ether oxygens (including phenoxy) is 1. The van der Waals surface area contributed by atoms with Gasteiger partial charge in [0.25, 0.3) is 5.91 Å². The van der Waals surface area contributed by atoms with Crippen LogP contribution in [0.5, 0.6) is 0 Å². The predicted molar refractivity (Wildman–Crippen MR) is 59.3 cm³/mol. The first-order valence-electron chi connectivity index (χ1n) is 5.52. The Kier molecular flexibility index (Phi) is 2.16. The van der Waals surface area contributed by atoms with Crippen LogP contribution in [0.1, 0.15) is 6.92 Å². The molecule has 0 aromatic rings. The minimum absolute atomic E-state index is 0.109. The topological polar surface area (TPSA) is 84.5 Å². The zero-order chi connectivity index (χ0) is 12.2. The van der Waals surface area contributed by atoms with Crippen LogP contribution in [0, 0.1) is 11.8 Å². The third kappa shape index (κ3) is 1.31. The van der Waals surface area contributed by atoms with Gasteiger partial charge in [0.15, 0.2) is 0 Å². The van der Waals surface area contributed by atoms with Gasteiger partial charge < -0.3 is 10.1 Å². The lowest BCUT2D eigenvalue weighted by atomic mass is 9.94. The van der Waals surface area contributed by atoms with Crippen molar-refractivity contribution in [3.05, 3.63) is 0 Å². The molecular formula is C10H12N2O4S. The summed E-state index contributed by atoms with van der Waals surface area (Å²) >= 11 is 1.56. The van der Waals surface area contributed by atoms with Crippen molar-refractivity contribution in [3.63, 3.8) is 0 Å². The highest BCUT2D eigenvalue weighted by atomic mass is 32.2. The van der Waals surface area contributed by atoms with E-state index in [9.17, 15) is 14.4 Å². The van der Waals surface area contributed by atoms with Crippen LogP contribution in [-0.4, -0.2) is 41.1 Å². The Morgan fingerprint density at radius 2 is 2.35 bits per heavy atom. The molecule has 2 N–H and O–H groups in total. The number of carbonyl (C=O) groups is 3. The summed E-state index contributed by atoms with van der Waals surface area (Å²) in [6.45, 7) is 2.09. The minimum atomic E-state index is -0.885. The molecule has 1 saturated carbocycles. The number of urea groups is 1. The first-order chi connectivity index (χ1) is 8.10. The van der Waals surface area contributed by atoms with Crippen LogP contribution in [-0.2, 0) is 14.3 Å². The largest absolute Gasteiger partial charge is 0.466 e. The van der Waals surface area contributed by atoms with Gasteiger partial charge in [-0.1, -0.05) is 0 Å². The quantitative estimate of drug-likeness (QED) is 0.513. The van der Waals surface area contributed by atoms with E-state index >= 15 is 0 Å². The van der Waals surface area contributed by atoms with E-state index in [0.29, 0.717) is 12.4 Å². The summed E-state index contributed by atoms with van der Waals surface area (Å²) in [5.74, 6) is -0.399. The number of esters is 1. The SMILES string of the molecule is CCOC(=O)[C@H]1[C@@H]2SC[C@]3(NC(=O)NC3=O)[C@@H]21. The van der Waals surface area contributed by atoms with Crippen molar-refractivity contribution in [1.29, 1.82) is 0 Å². The summed E-state index contributed by atoms with van der Waals surface area (Å²) in [6.07, 6.45) is 0.